The van der Waals surface area contributed by atoms with Gasteiger partial charge < -0.3 is 10.4 Å². The fraction of sp³-hybridized carbons (Fsp3) is 0.250. The molecule has 0 bridgehead atoms. The molecule has 0 aliphatic carbocycles. The molecule has 1 aliphatic rings. The molecule has 2 N–H and O–H groups in total. The number of aliphatic hydroxyl groups excluding tert-OH is 1. The van der Waals surface area contributed by atoms with Crippen molar-refractivity contribution in [3.05, 3.63) is 41.4 Å². The average molecular weight is 312 g/mol. The van der Waals surface area contributed by atoms with Gasteiger partial charge in [-0.15, -0.1) is 0 Å². The first-order valence-electron chi connectivity index (χ1n) is 7.20. The number of amides is 2. The normalized spacial score (nSPS) is 14.6. The van der Waals surface area contributed by atoms with Crippen LogP contribution in [0, 0.1) is 13.8 Å². The van der Waals surface area contributed by atoms with E-state index in [0.717, 1.165) is 21.8 Å². The van der Waals surface area contributed by atoms with Gasteiger partial charge in [-0.05, 0) is 32.0 Å². The van der Waals surface area contributed by atoms with E-state index in [2.05, 4.69) is 15.3 Å². The fourth-order valence-corrected chi connectivity index (χ4v) is 2.37. The number of aromatic nitrogens is 2. The zero-order valence-electron chi connectivity index (χ0n) is 12.8. The van der Waals surface area contributed by atoms with Crippen molar-refractivity contribution in [3.63, 3.8) is 0 Å². The summed E-state index contributed by atoms with van der Waals surface area (Å²) in [6.07, 6.45) is 1.23. The van der Waals surface area contributed by atoms with Crippen molar-refractivity contribution in [2.75, 3.05) is 18.5 Å². The van der Waals surface area contributed by atoms with Gasteiger partial charge in [-0.3, -0.25) is 14.5 Å². The molecule has 0 spiro atoms. The Balaban J connectivity index is 1.87. The van der Waals surface area contributed by atoms with Gasteiger partial charge >= 0.3 is 0 Å². The van der Waals surface area contributed by atoms with Crippen LogP contribution in [0.2, 0.25) is 0 Å². The summed E-state index contributed by atoms with van der Waals surface area (Å²) in [5.74, 6) is -0.881. The van der Waals surface area contributed by atoms with Crippen molar-refractivity contribution in [1.29, 1.82) is 0 Å². The van der Waals surface area contributed by atoms with Gasteiger partial charge in [0.2, 0.25) is 0 Å². The second-order valence-corrected chi connectivity index (χ2v) is 5.30. The standard InChI is InChI=1S/C16H16N4O3/c1-9-10(2)18-13-7-11(3-4-12(13)17-9)19-14-8-15(22)20(5-6-21)16(14)23/h3-4,7-8,19,21H,5-6H2,1-2H3. The smallest absolute Gasteiger partial charge is 0.277 e. The van der Waals surface area contributed by atoms with Crippen LogP contribution in [0.4, 0.5) is 5.69 Å². The molecule has 0 fully saturated rings. The summed E-state index contributed by atoms with van der Waals surface area (Å²) in [7, 11) is 0. The number of imide groups is 1. The van der Waals surface area contributed by atoms with Crippen molar-refractivity contribution < 1.29 is 14.7 Å². The fourth-order valence-electron chi connectivity index (χ4n) is 2.37. The molecule has 1 aromatic carbocycles. The van der Waals surface area contributed by atoms with E-state index in [9.17, 15) is 9.59 Å². The minimum atomic E-state index is -0.449. The van der Waals surface area contributed by atoms with Crippen LogP contribution in [-0.2, 0) is 9.59 Å². The molecule has 0 atom stereocenters. The molecular weight excluding hydrogens is 296 g/mol. The Kier molecular flexibility index (Phi) is 3.79. The molecule has 1 aromatic heterocycles. The number of nitrogens with zero attached hydrogens (tertiary/aromatic N) is 3. The van der Waals surface area contributed by atoms with E-state index in [4.69, 9.17) is 5.11 Å². The molecule has 0 radical (unpaired) electrons. The number of carbonyl (C=O) groups is 2. The third kappa shape index (κ3) is 2.78. The van der Waals surface area contributed by atoms with Crippen molar-refractivity contribution in [2.24, 2.45) is 0 Å². The van der Waals surface area contributed by atoms with E-state index in [1.807, 2.05) is 19.9 Å². The molecule has 2 heterocycles. The van der Waals surface area contributed by atoms with Crippen molar-refractivity contribution >= 4 is 28.5 Å². The minimum absolute atomic E-state index is 0.0129. The van der Waals surface area contributed by atoms with E-state index in [1.165, 1.54) is 6.08 Å². The molecule has 2 amide bonds. The van der Waals surface area contributed by atoms with E-state index in [0.29, 0.717) is 11.2 Å². The Bertz CT molecular complexity index is 845. The Morgan fingerprint density at radius 2 is 1.83 bits per heavy atom. The van der Waals surface area contributed by atoms with Crippen LogP contribution in [-0.4, -0.2) is 44.9 Å². The van der Waals surface area contributed by atoms with E-state index in [1.54, 1.807) is 12.1 Å². The zero-order valence-corrected chi connectivity index (χ0v) is 12.8. The maximum absolute atomic E-state index is 12.1. The largest absolute Gasteiger partial charge is 0.395 e. The minimum Gasteiger partial charge on any atom is -0.395 e. The number of aryl methyl sites for hydroxylation is 2. The molecular formula is C16H16N4O3. The van der Waals surface area contributed by atoms with Gasteiger partial charge in [0.1, 0.15) is 5.70 Å². The van der Waals surface area contributed by atoms with Crippen LogP contribution >= 0.6 is 0 Å². The first-order valence-corrected chi connectivity index (χ1v) is 7.20. The number of β-amino-alcohol motifs (C(OH)–C–C–N with tert-alkyl or cyclic N) is 1. The van der Waals surface area contributed by atoms with Crippen LogP contribution in [0.15, 0.2) is 30.0 Å². The van der Waals surface area contributed by atoms with Crippen LogP contribution in [0.3, 0.4) is 0 Å². The summed E-state index contributed by atoms with van der Waals surface area (Å²) in [6, 6.07) is 5.37. The quantitative estimate of drug-likeness (QED) is 0.815. The lowest BCUT2D eigenvalue weighted by Gasteiger charge is -2.13. The molecule has 0 unspecified atom stereocenters. The van der Waals surface area contributed by atoms with Gasteiger partial charge in [-0.25, -0.2) is 9.97 Å². The highest BCUT2D eigenvalue weighted by atomic mass is 16.3. The van der Waals surface area contributed by atoms with Gasteiger partial charge in [0.05, 0.1) is 35.6 Å². The second kappa shape index (κ2) is 5.77. The van der Waals surface area contributed by atoms with Gasteiger partial charge in [0, 0.05) is 11.8 Å². The predicted molar refractivity (Wildman–Crippen MR) is 84.5 cm³/mol. The third-order valence-corrected chi connectivity index (χ3v) is 3.69. The van der Waals surface area contributed by atoms with E-state index < -0.39 is 11.8 Å². The lowest BCUT2D eigenvalue weighted by molar-refractivity contribution is -0.137. The first kappa shape index (κ1) is 15.1. The van der Waals surface area contributed by atoms with Crippen molar-refractivity contribution in [1.82, 2.24) is 14.9 Å². The first-order chi connectivity index (χ1) is 11.0. The van der Waals surface area contributed by atoms with Crippen molar-refractivity contribution in [3.8, 4) is 0 Å². The Hall–Kier alpha value is -2.80. The maximum Gasteiger partial charge on any atom is 0.277 e. The Morgan fingerprint density at radius 3 is 2.52 bits per heavy atom. The highest BCUT2D eigenvalue weighted by Crippen LogP contribution is 2.21. The number of anilines is 1. The van der Waals surface area contributed by atoms with Crippen LogP contribution < -0.4 is 5.32 Å². The van der Waals surface area contributed by atoms with Crippen LogP contribution in [0.1, 0.15) is 11.4 Å². The van der Waals surface area contributed by atoms with E-state index >= 15 is 0 Å². The van der Waals surface area contributed by atoms with Gasteiger partial charge in [-0.2, -0.15) is 0 Å². The second-order valence-electron chi connectivity index (χ2n) is 5.30. The molecule has 23 heavy (non-hydrogen) atoms. The lowest BCUT2D eigenvalue weighted by atomic mass is 10.2. The van der Waals surface area contributed by atoms with Gasteiger partial charge in [-0.1, -0.05) is 0 Å². The Morgan fingerprint density at radius 1 is 1.13 bits per heavy atom. The van der Waals surface area contributed by atoms with Crippen LogP contribution in [0.25, 0.3) is 11.0 Å². The summed E-state index contributed by atoms with van der Waals surface area (Å²) in [5.41, 5.74) is 4.02. The summed E-state index contributed by atoms with van der Waals surface area (Å²) in [4.78, 5) is 33.8. The molecule has 3 rings (SSSR count). The predicted octanol–water partition coefficient (Wildman–Crippen LogP) is 0.904. The highest BCUT2D eigenvalue weighted by molar-refractivity contribution is 6.17. The van der Waals surface area contributed by atoms with E-state index in [-0.39, 0.29) is 18.8 Å². The number of rotatable bonds is 4. The van der Waals surface area contributed by atoms with Crippen molar-refractivity contribution in [2.45, 2.75) is 13.8 Å². The summed E-state index contributed by atoms with van der Waals surface area (Å²) >= 11 is 0. The van der Waals surface area contributed by atoms with Crippen LogP contribution in [0.5, 0.6) is 0 Å². The maximum atomic E-state index is 12.1. The molecule has 7 nitrogen and oxygen atoms in total. The molecule has 0 saturated carbocycles. The topological polar surface area (TPSA) is 95.4 Å². The number of fused-ring (bicyclic) bond motifs is 1. The number of hydrogen-bond donors (Lipinski definition) is 2. The summed E-state index contributed by atoms with van der Waals surface area (Å²) < 4.78 is 0. The Labute approximate surface area is 132 Å². The number of hydrogen-bond acceptors (Lipinski definition) is 6. The van der Waals surface area contributed by atoms with Gasteiger partial charge in [0.15, 0.2) is 0 Å². The lowest BCUT2D eigenvalue weighted by Crippen LogP contribution is -2.34. The van der Waals surface area contributed by atoms with Gasteiger partial charge in [0.25, 0.3) is 11.8 Å². The highest BCUT2D eigenvalue weighted by Gasteiger charge is 2.30. The molecule has 2 aromatic rings. The summed E-state index contributed by atoms with van der Waals surface area (Å²) in [5, 5.41) is 11.8. The number of aliphatic hydroxyl groups is 1. The molecule has 7 heteroatoms. The monoisotopic (exact) mass is 312 g/mol. The average Bonchev–Trinajstić information content (AvgIpc) is 2.77. The molecule has 0 saturated heterocycles. The third-order valence-electron chi connectivity index (χ3n) is 3.69. The zero-order chi connectivity index (χ0) is 16.6. The SMILES string of the molecule is Cc1nc2ccc(NC3=CC(=O)N(CCO)C3=O)cc2nc1C. The number of benzene rings is 1. The number of carbonyl (C=O) groups excluding carboxylic acids is 2. The molecule has 1 aliphatic heterocycles. The number of nitrogens with one attached hydrogen (secondary N) is 1. The molecule has 118 valence electrons. The summed E-state index contributed by atoms with van der Waals surface area (Å²) in [6.45, 7) is 3.51.